The minimum absolute atomic E-state index is 0.123. The highest BCUT2D eigenvalue weighted by Crippen LogP contribution is 2.42. The lowest BCUT2D eigenvalue weighted by Crippen LogP contribution is -2.50. The molecule has 0 spiro atoms. The summed E-state index contributed by atoms with van der Waals surface area (Å²) >= 11 is 0. The molecule has 0 saturated carbocycles. The van der Waals surface area contributed by atoms with Crippen molar-refractivity contribution in [2.75, 3.05) is 20.6 Å². The third-order valence-corrected chi connectivity index (χ3v) is 4.24. The molecule has 0 N–H and O–H groups in total. The van der Waals surface area contributed by atoms with Crippen molar-refractivity contribution >= 4 is 6.03 Å². The largest absolute Gasteiger partial charge is 0.331 e. The van der Waals surface area contributed by atoms with Crippen LogP contribution in [0.5, 0.6) is 0 Å². The summed E-state index contributed by atoms with van der Waals surface area (Å²) in [5.74, 6) is -1.09. The van der Waals surface area contributed by atoms with Gasteiger partial charge >= 0.3 is 6.03 Å². The van der Waals surface area contributed by atoms with Crippen LogP contribution in [-0.4, -0.2) is 36.5 Å². The summed E-state index contributed by atoms with van der Waals surface area (Å²) in [7, 11) is 3.27. The molecule has 2 aromatic rings. The fourth-order valence-electron chi connectivity index (χ4n) is 3.16. The zero-order valence-corrected chi connectivity index (χ0v) is 13.5. The molecule has 0 aromatic heterocycles. The van der Waals surface area contributed by atoms with Crippen LogP contribution in [-0.2, 0) is 5.54 Å². The number of amides is 2. The molecule has 1 heterocycles. The maximum Gasteiger partial charge on any atom is 0.321 e. The minimum Gasteiger partial charge on any atom is -0.331 e. The van der Waals surface area contributed by atoms with Crippen molar-refractivity contribution in [3.63, 3.8) is 0 Å². The van der Waals surface area contributed by atoms with Crippen LogP contribution in [0.25, 0.3) is 0 Å². The highest BCUT2D eigenvalue weighted by atomic mass is 19.1. The lowest BCUT2D eigenvalue weighted by atomic mass is 9.82. The van der Waals surface area contributed by atoms with Crippen LogP contribution < -0.4 is 0 Å². The average molecular weight is 328 g/mol. The predicted molar refractivity (Wildman–Crippen MR) is 88.5 cm³/mol. The quantitative estimate of drug-likeness (QED) is 0.770. The Kier molecular flexibility index (Phi) is 4.09. The Bertz CT molecular complexity index is 789. The molecule has 1 unspecified atom stereocenters. The van der Waals surface area contributed by atoms with Gasteiger partial charge in [-0.2, -0.15) is 0 Å². The second kappa shape index (κ2) is 6.07. The van der Waals surface area contributed by atoms with Crippen LogP contribution >= 0.6 is 0 Å². The third kappa shape index (κ3) is 2.46. The van der Waals surface area contributed by atoms with Gasteiger partial charge in [0.15, 0.2) is 0 Å². The van der Waals surface area contributed by atoms with Crippen molar-refractivity contribution < 1.29 is 13.6 Å². The fraction of sp³-hybridized carbons (Fsp3) is 0.211. The molecule has 1 atom stereocenters. The van der Waals surface area contributed by atoms with Gasteiger partial charge in [0.25, 0.3) is 0 Å². The molecular weight excluding hydrogens is 310 g/mol. The zero-order chi connectivity index (χ0) is 17.3. The summed E-state index contributed by atoms with van der Waals surface area (Å²) in [6, 6.07) is 12.2. The monoisotopic (exact) mass is 328 g/mol. The van der Waals surface area contributed by atoms with Crippen LogP contribution in [0.3, 0.4) is 0 Å². The lowest BCUT2D eigenvalue weighted by Gasteiger charge is -2.40. The summed E-state index contributed by atoms with van der Waals surface area (Å²) in [6.45, 7) is 0.321. The van der Waals surface area contributed by atoms with Crippen molar-refractivity contribution in [1.29, 1.82) is 0 Å². The Labute approximate surface area is 139 Å². The SMILES string of the molecule is CN(C)C(=O)N1CC=CC1(c1ccccc1)c1cc(F)ccc1F. The normalized spacial score (nSPS) is 19.6. The van der Waals surface area contributed by atoms with Crippen LogP contribution in [0.1, 0.15) is 11.1 Å². The Balaban J connectivity index is 2.28. The molecule has 0 bridgehead atoms. The van der Waals surface area contributed by atoms with E-state index in [1.54, 1.807) is 31.1 Å². The smallest absolute Gasteiger partial charge is 0.321 e. The van der Waals surface area contributed by atoms with E-state index in [9.17, 15) is 13.6 Å². The van der Waals surface area contributed by atoms with E-state index >= 15 is 0 Å². The third-order valence-electron chi connectivity index (χ3n) is 4.24. The Hall–Kier alpha value is -2.69. The van der Waals surface area contributed by atoms with Crippen LogP contribution in [0, 0.1) is 11.6 Å². The first-order valence-electron chi connectivity index (χ1n) is 7.64. The van der Waals surface area contributed by atoms with Gasteiger partial charge in [-0.3, -0.25) is 0 Å². The number of benzene rings is 2. The van der Waals surface area contributed by atoms with E-state index in [-0.39, 0.29) is 11.6 Å². The maximum atomic E-state index is 14.6. The van der Waals surface area contributed by atoms with Gasteiger partial charge in [0, 0.05) is 26.2 Å². The number of rotatable bonds is 2. The second-order valence-corrected chi connectivity index (χ2v) is 5.95. The Morgan fingerprint density at radius 2 is 1.83 bits per heavy atom. The van der Waals surface area contributed by atoms with E-state index in [1.165, 1.54) is 4.90 Å². The molecule has 0 saturated heterocycles. The number of nitrogens with zero attached hydrogens (tertiary/aromatic N) is 2. The molecule has 3 rings (SSSR count). The average Bonchev–Trinajstić information content (AvgIpc) is 3.02. The molecular formula is C19H18F2N2O. The summed E-state index contributed by atoms with van der Waals surface area (Å²) < 4.78 is 28.5. The molecule has 1 aliphatic rings. The molecule has 124 valence electrons. The van der Waals surface area contributed by atoms with Gasteiger partial charge < -0.3 is 9.80 Å². The minimum atomic E-state index is -1.17. The van der Waals surface area contributed by atoms with Gasteiger partial charge in [-0.1, -0.05) is 42.5 Å². The topological polar surface area (TPSA) is 23.6 Å². The molecule has 5 heteroatoms. The Morgan fingerprint density at radius 1 is 1.12 bits per heavy atom. The van der Waals surface area contributed by atoms with E-state index < -0.39 is 17.2 Å². The number of hydrogen-bond acceptors (Lipinski definition) is 1. The molecule has 0 fully saturated rings. The highest BCUT2D eigenvalue weighted by Gasteiger charge is 2.45. The molecule has 24 heavy (non-hydrogen) atoms. The first-order valence-corrected chi connectivity index (χ1v) is 7.64. The molecule has 1 aliphatic heterocycles. The van der Waals surface area contributed by atoms with E-state index in [1.807, 2.05) is 30.3 Å². The van der Waals surface area contributed by atoms with Crippen molar-refractivity contribution in [2.24, 2.45) is 0 Å². The van der Waals surface area contributed by atoms with E-state index in [4.69, 9.17) is 0 Å². The zero-order valence-electron chi connectivity index (χ0n) is 13.5. The number of carbonyl (C=O) groups is 1. The second-order valence-electron chi connectivity index (χ2n) is 5.95. The predicted octanol–water partition coefficient (Wildman–Crippen LogP) is 3.76. The first-order chi connectivity index (χ1) is 11.5. The molecule has 0 radical (unpaired) electrons. The first kappa shape index (κ1) is 16.2. The van der Waals surface area contributed by atoms with Crippen molar-refractivity contribution in [3.05, 3.63) is 83.4 Å². The van der Waals surface area contributed by atoms with Gasteiger partial charge in [-0.05, 0) is 23.8 Å². The Morgan fingerprint density at radius 3 is 2.50 bits per heavy atom. The van der Waals surface area contributed by atoms with Gasteiger partial charge in [-0.25, -0.2) is 13.6 Å². The van der Waals surface area contributed by atoms with E-state index in [0.717, 1.165) is 18.2 Å². The molecule has 2 aromatic carbocycles. The fourth-order valence-corrected chi connectivity index (χ4v) is 3.16. The summed E-state index contributed by atoms with van der Waals surface area (Å²) in [5.41, 5.74) is -0.342. The number of urea groups is 1. The van der Waals surface area contributed by atoms with Crippen LogP contribution in [0.4, 0.5) is 13.6 Å². The summed E-state index contributed by atoms with van der Waals surface area (Å²) in [5, 5.41) is 0. The number of carbonyl (C=O) groups excluding carboxylic acids is 1. The van der Waals surface area contributed by atoms with Crippen molar-refractivity contribution in [1.82, 2.24) is 9.80 Å². The van der Waals surface area contributed by atoms with Crippen molar-refractivity contribution in [2.45, 2.75) is 5.54 Å². The van der Waals surface area contributed by atoms with E-state index in [2.05, 4.69) is 0 Å². The maximum absolute atomic E-state index is 14.6. The van der Waals surface area contributed by atoms with Crippen LogP contribution in [0.15, 0.2) is 60.7 Å². The lowest BCUT2D eigenvalue weighted by molar-refractivity contribution is 0.149. The van der Waals surface area contributed by atoms with Gasteiger partial charge in [-0.15, -0.1) is 0 Å². The standard InChI is InChI=1S/C19H18F2N2O/c1-22(2)18(24)23-12-6-11-19(23,14-7-4-3-5-8-14)16-13-15(20)9-10-17(16)21/h3-11,13H,12H2,1-2H3. The van der Waals surface area contributed by atoms with Gasteiger partial charge in [0.1, 0.15) is 17.2 Å². The number of halogens is 2. The molecule has 2 amide bonds. The van der Waals surface area contributed by atoms with Crippen LogP contribution in [0.2, 0.25) is 0 Å². The van der Waals surface area contributed by atoms with E-state index in [0.29, 0.717) is 12.1 Å². The molecule has 0 aliphatic carbocycles. The number of hydrogen-bond donors (Lipinski definition) is 0. The van der Waals surface area contributed by atoms with Crippen molar-refractivity contribution in [3.8, 4) is 0 Å². The molecule has 3 nitrogen and oxygen atoms in total. The summed E-state index contributed by atoms with van der Waals surface area (Å²) in [4.78, 5) is 15.7. The van der Waals surface area contributed by atoms with Gasteiger partial charge in [0.2, 0.25) is 0 Å². The highest BCUT2D eigenvalue weighted by molar-refractivity contribution is 5.77. The van der Waals surface area contributed by atoms with Gasteiger partial charge in [0.05, 0.1) is 0 Å². The summed E-state index contributed by atoms with van der Waals surface area (Å²) in [6.07, 6.45) is 3.57.